The van der Waals surface area contributed by atoms with E-state index < -0.39 is 0 Å². The Morgan fingerprint density at radius 3 is 2.64 bits per heavy atom. The average Bonchev–Trinajstić information content (AvgIpc) is 2.40. The van der Waals surface area contributed by atoms with Crippen LogP contribution >= 0.6 is 0 Å². The van der Waals surface area contributed by atoms with Crippen LogP contribution in [0.4, 0.5) is 0 Å². The Morgan fingerprint density at radius 2 is 2.27 bits per heavy atom. The Bertz CT molecular complexity index is 251. The van der Waals surface area contributed by atoms with E-state index >= 15 is 0 Å². The second-order valence-electron chi connectivity index (χ2n) is 3.70. The first kappa shape index (κ1) is 6.79. The van der Waals surface area contributed by atoms with Crippen molar-refractivity contribution in [2.45, 2.75) is 25.8 Å². The van der Waals surface area contributed by atoms with Crippen molar-refractivity contribution in [3.8, 4) is 0 Å². The maximum atomic E-state index is 5.85. The molecule has 1 aromatic rings. The van der Waals surface area contributed by atoms with Gasteiger partial charge in [-0.2, -0.15) is 5.10 Å². The van der Waals surface area contributed by atoms with Gasteiger partial charge in [0.2, 0.25) is 0 Å². The molecule has 3 N–H and O–H groups in total. The molecule has 0 aromatic carbocycles. The largest absolute Gasteiger partial charge is 0.327 e. The van der Waals surface area contributed by atoms with E-state index in [0.717, 1.165) is 5.82 Å². The molecule has 1 fully saturated rings. The van der Waals surface area contributed by atoms with Gasteiger partial charge in [-0.15, -0.1) is 0 Å². The van der Waals surface area contributed by atoms with E-state index in [9.17, 15) is 0 Å². The standard InChI is InChI=1S/C7H12N4/c1-7(2)4(5(7)8)6-9-3-10-11-6/h3-5H,8H2,1-2H3,(H,9,10,11). The molecule has 4 nitrogen and oxygen atoms in total. The van der Waals surface area contributed by atoms with Gasteiger partial charge in [0.05, 0.1) is 0 Å². The summed E-state index contributed by atoms with van der Waals surface area (Å²) in [4.78, 5) is 4.08. The van der Waals surface area contributed by atoms with E-state index in [1.165, 1.54) is 6.33 Å². The zero-order valence-electron chi connectivity index (χ0n) is 6.70. The SMILES string of the molecule is CC1(C)C(N)C1c1ncn[nH]1. The molecule has 1 saturated carbocycles. The summed E-state index contributed by atoms with van der Waals surface area (Å²) in [5.41, 5.74) is 6.04. The molecule has 1 aliphatic carbocycles. The normalized spacial score (nSPS) is 33.7. The fraction of sp³-hybridized carbons (Fsp3) is 0.714. The van der Waals surface area contributed by atoms with E-state index in [0.29, 0.717) is 5.92 Å². The van der Waals surface area contributed by atoms with Crippen molar-refractivity contribution in [1.29, 1.82) is 0 Å². The maximum Gasteiger partial charge on any atom is 0.137 e. The molecular weight excluding hydrogens is 140 g/mol. The third-order valence-corrected chi connectivity index (χ3v) is 2.64. The van der Waals surface area contributed by atoms with Crippen molar-refractivity contribution in [3.63, 3.8) is 0 Å². The summed E-state index contributed by atoms with van der Waals surface area (Å²) >= 11 is 0. The van der Waals surface area contributed by atoms with Crippen LogP contribution in [0, 0.1) is 5.41 Å². The molecule has 11 heavy (non-hydrogen) atoms. The van der Waals surface area contributed by atoms with Crippen LogP contribution in [0.3, 0.4) is 0 Å². The minimum Gasteiger partial charge on any atom is -0.327 e. The lowest BCUT2D eigenvalue weighted by atomic mass is 10.1. The predicted octanol–water partition coefficient (Wildman–Crippen LogP) is 0.255. The van der Waals surface area contributed by atoms with Crippen LogP contribution < -0.4 is 5.73 Å². The Kier molecular flexibility index (Phi) is 1.12. The Hall–Kier alpha value is -0.900. The van der Waals surface area contributed by atoms with Gasteiger partial charge in [0.1, 0.15) is 12.2 Å². The Labute approximate surface area is 65.2 Å². The second kappa shape index (κ2) is 1.82. The topological polar surface area (TPSA) is 67.6 Å². The molecular formula is C7H12N4. The first-order valence-corrected chi connectivity index (χ1v) is 3.75. The minimum absolute atomic E-state index is 0.194. The molecule has 0 radical (unpaired) electrons. The summed E-state index contributed by atoms with van der Waals surface area (Å²) in [7, 11) is 0. The van der Waals surface area contributed by atoms with E-state index in [1.807, 2.05) is 0 Å². The number of nitrogens with two attached hydrogens (primary N) is 1. The molecule has 0 aliphatic heterocycles. The molecule has 0 bridgehead atoms. The van der Waals surface area contributed by atoms with Gasteiger partial charge in [-0.05, 0) is 5.41 Å². The fourth-order valence-electron chi connectivity index (χ4n) is 1.56. The summed E-state index contributed by atoms with van der Waals surface area (Å²) in [6.07, 6.45) is 1.52. The first-order chi connectivity index (χ1) is 5.14. The van der Waals surface area contributed by atoms with E-state index in [4.69, 9.17) is 5.73 Å². The number of aromatic amines is 1. The van der Waals surface area contributed by atoms with Crippen molar-refractivity contribution in [3.05, 3.63) is 12.2 Å². The van der Waals surface area contributed by atoms with Crippen molar-refractivity contribution in [1.82, 2.24) is 15.2 Å². The highest BCUT2D eigenvalue weighted by atomic mass is 15.2. The summed E-state index contributed by atoms with van der Waals surface area (Å²) in [5.74, 6) is 1.28. The average molecular weight is 152 g/mol. The van der Waals surface area contributed by atoms with Gasteiger partial charge in [0, 0.05) is 12.0 Å². The van der Waals surface area contributed by atoms with Crippen LogP contribution in [0.5, 0.6) is 0 Å². The molecule has 2 unspecified atom stereocenters. The van der Waals surface area contributed by atoms with Gasteiger partial charge >= 0.3 is 0 Å². The van der Waals surface area contributed by atoms with Gasteiger partial charge in [0.15, 0.2) is 0 Å². The monoisotopic (exact) mass is 152 g/mol. The third kappa shape index (κ3) is 0.790. The van der Waals surface area contributed by atoms with E-state index in [1.54, 1.807) is 0 Å². The van der Waals surface area contributed by atoms with Gasteiger partial charge < -0.3 is 5.73 Å². The molecule has 0 spiro atoms. The number of hydrogen-bond acceptors (Lipinski definition) is 3. The number of nitrogens with one attached hydrogen (secondary N) is 1. The predicted molar refractivity (Wildman–Crippen MR) is 40.9 cm³/mol. The van der Waals surface area contributed by atoms with Crippen molar-refractivity contribution in [2.24, 2.45) is 11.1 Å². The lowest BCUT2D eigenvalue weighted by molar-refractivity contribution is 0.591. The molecule has 0 amide bonds. The second-order valence-corrected chi connectivity index (χ2v) is 3.70. The van der Waals surface area contributed by atoms with Crippen molar-refractivity contribution >= 4 is 0 Å². The van der Waals surface area contributed by atoms with Crippen molar-refractivity contribution in [2.75, 3.05) is 0 Å². The van der Waals surface area contributed by atoms with Gasteiger partial charge in [-0.1, -0.05) is 13.8 Å². The fourth-order valence-corrected chi connectivity index (χ4v) is 1.56. The van der Waals surface area contributed by atoms with Gasteiger partial charge in [-0.3, -0.25) is 5.10 Å². The zero-order valence-corrected chi connectivity index (χ0v) is 6.70. The molecule has 4 heteroatoms. The summed E-state index contributed by atoms with van der Waals surface area (Å²) in [6.45, 7) is 4.29. The molecule has 1 aliphatic rings. The van der Waals surface area contributed by atoms with Crippen LogP contribution in [0.25, 0.3) is 0 Å². The summed E-state index contributed by atoms with van der Waals surface area (Å²) < 4.78 is 0. The summed E-state index contributed by atoms with van der Waals surface area (Å²) in [6, 6.07) is 0.232. The quantitative estimate of drug-likeness (QED) is 0.606. The van der Waals surface area contributed by atoms with Crippen LogP contribution in [-0.4, -0.2) is 21.2 Å². The maximum absolute atomic E-state index is 5.85. The van der Waals surface area contributed by atoms with Crippen molar-refractivity contribution < 1.29 is 0 Å². The van der Waals surface area contributed by atoms with E-state index in [-0.39, 0.29) is 11.5 Å². The molecule has 0 saturated heterocycles. The smallest absolute Gasteiger partial charge is 0.137 e. The highest BCUT2D eigenvalue weighted by Gasteiger charge is 2.57. The summed E-state index contributed by atoms with van der Waals surface area (Å²) in [5, 5.41) is 6.64. The van der Waals surface area contributed by atoms with Gasteiger partial charge in [0.25, 0.3) is 0 Å². The zero-order chi connectivity index (χ0) is 8.06. The number of nitrogens with zero attached hydrogens (tertiary/aromatic N) is 2. The van der Waals surface area contributed by atoms with E-state index in [2.05, 4.69) is 29.0 Å². The minimum atomic E-state index is 0.194. The van der Waals surface area contributed by atoms with Crippen LogP contribution in [0.15, 0.2) is 6.33 Å². The number of hydrogen-bond donors (Lipinski definition) is 2. The molecule has 2 atom stereocenters. The molecule has 1 aromatic heterocycles. The lowest BCUT2D eigenvalue weighted by Crippen LogP contribution is -2.06. The van der Waals surface area contributed by atoms with Crippen LogP contribution in [0.2, 0.25) is 0 Å². The van der Waals surface area contributed by atoms with Crippen LogP contribution in [-0.2, 0) is 0 Å². The number of rotatable bonds is 1. The molecule has 1 heterocycles. The van der Waals surface area contributed by atoms with Crippen LogP contribution in [0.1, 0.15) is 25.6 Å². The first-order valence-electron chi connectivity index (χ1n) is 3.75. The number of aromatic nitrogens is 3. The van der Waals surface area contributed by atoms with Gasteiger partial charge in [-0.25, -0.2) is 4.98 Å². The number of H-pyrrole nitrogens is 1. The Morgan fingerprint density at radius 1 is 1.64 bits per heavy atom. The highest BCUT2D eigenvalue weighted by Crippen LogP contribution is 2.55. The molecule has 60 valence electrons. The Balaban J connectivity index is 2.23. The molecule has 2 rings (SSSR count). The highest BCUT2D eigenvalue weighted by molar-refractivity contribution is 5.23. The third-order valence-electron chi connectivity index (χ3n) is 2.64. The lowest BCUT2D eigenvalue weighted by Gasteiger charge is -1.96.